The Kier molecular flexibility index (Phi) is 41.9. The van der Waals surface area contributed by atoms with E-state index < -0.39 is 249 Å². The molecule has 123 heavy (non-hydrogen) atoms. The molecular formula is C81H142N20O22. The molecule has 1 rings (SSSR count). The van der Waals surface area contributed by atoms with E-state index in [1.165, 1.54) is 130 Å². The normalized spacial score (nSPS) is 15.8. The van der Waals surface area contributed by atoms with E-state index in [0.29, 0.717) is 6.42 Å². The number of hydrogen-bond donors (Lipinski definition) is 21. The Morgan fingerprint density at radius 2 is 0.740 bits per heavy atom. The van der Waals surface area contributed by atoms with Crippen LogP contribution in [0.15, 0.2) is 0 Å². The van der Waals surface area contributed by atoms with Crippen molar-refractivity contribution in [1.82, 2.24) is 95.3 Å². The highest BCUT2D eigenvalue weighted by Crippen LogP contribution is 2.25. The van der Waals surface area contributed by atoms with Gasteiger partial charge < -0.3 is 117 Å². The maximum absolute atomic E-state index is 14.5. The van der Waals surface area contributed by atoms with Crippen LogP contribution in [0.25, 0.3) is 0 Å². The number of hydrogen-bond acceptors (Lipinski definition) is 22. The number of aliphatic hydroxyl groups is 2. The average Bonchev–Trinajstić information content (AvgIpc) is 1.57. The number of nitrogens with two attached hydrogens (primary N) is 2. The van der Waals surface area contributed by atoms with E-state index in [4.69, 9.17) is 11.5 Å². The van der Waals surface area contributed by atoms with Gasteiger partial charge in [-0.2, -0.15) is 0 Å². The van der Waals surface area contributed by atoms with Gasteiger partial charge in [0.15, 0.2) is 0 Å². The summed E-state index contributed by atoms with van der Waals surface area (Å²) in [4.78, 5) is 273. The van der Waals surface area contributed by atoms with Crippen LogP contribution >= 0.6 is 0 Å². The predicted molar refractivity (Wildman–Crippen MR) is 451 cm³/mol. The smallest absolute Gasteiger partial charge is 0.248 e. The molecule has 1 heterocycles. The third-order valence-corrected chi connectivity index (χ3v) is 20.4. The van der Waals surface area contributed by atoms with Crippen LogP contribution in [-0.4, -0.2) is 258 Å². The van der Waals surface area contributed by atoms with Gasteiger partial charge in [-0.3, -0.25) is 95.9 Å². The van der Waals surface area contributed by atoms with E-state index in [1.807, 2.05) is 0 Å². The van der Waals surface area contributed by atoms with Crippen LogP contribution in [0.4, 0.5) is 0 Å². The van der Waals surface area contributed by atoms with E-state index in [9.17, 15) is 106 Å². The van der Waals surface area contributed by atoms with Crippen LogP contribution in [0.2, 0.25) is 0 Å². The Morgan fingerprint density at radius 1 is 0.382 bits per heavy atom. The van der Waals surface area contributed by atoms with Gasteiger partial charge in [-0.25, -0.2) is 0 Å². The van der Waals surface area contributed by atoms with Crippen molar-refractivity contribution in [2.24, 2.45) is 35.1 Å². The zero-order valence-corrected chi connectivity index (χ0v) is 76.6. The van der Waals surface area contributed by atoms with Crippen molar-refractivity contribution in [2.45, 2.75) is 343 Å². The molecule has 1 fully saturated rings. The molecule has 0 saturated carbocycles. The molecule has 0 aliphatic carbocycles. The number of carbonyl (C=O) groups is 20. The lowest BCUT2D eigenvalue weighted by atomic mass is 9.93. The second-order valence-corrected chi connectivity index (χ2v) is 37.1. The van der Waals surface area contributed by atoms with Crippen molar-refractivity contribution >= 4 is 118 Å². The minimum absolute atomic E-state index is 0.0276. The summed E-state index contributed by atoms with van der Waals surface area (Å²) in [7, 11) is 0. The van der Waals surface area contributed by atoms with Crippen LogP contribution in [0.5, 0.6) is 0 Å². The first-order chi connectivity index (χ1) is 56.1. The minimum Gasteiger partial charge on any atom is -0.394 e. The van der Waals surface area contributed by atoms with E-state index in [0.717, 1.165) is 0 Å². The summed E-state index contributed by atoms with van der Waals surface area (Å²) in [5.41, 5.74) is -3.29. The topological polar surface area (TPSA) is 642 Å². The molecule has 1 saturated heterocycles. The highest BCUT2D eigenvalue weighted by molar-refractivity contribution is 6.04. The molecule has 10 unspecified atom stereocenters. The summed E-state index contributed by atoms with van der Waals surface area (Å²) in [5.74, 6) is -17.7. The van der Waals surface area contributed by atoms with Crippen molar-refractivity contribution < 1.29 is 106 Å². The number of likely N-dealkylation sites (tertiary alicyclic amines) is 1. The van der Waals surface area contributed by atoms with Gasteiger partial charge in [-0.1, -0.05) is 62.3 Å². The van der Waals surface area contributed by atoms with E-state index in [2.05, 4.69) is 90.4 Å². The molecule has 42 heteroatoms. The minimum atomic E-state index is -1.90. The number of nitrogens with zero attached hydrogens (tertiary/aromatic N) is 1. The summed E-state index contributed by atoms with van der Waals surface area (Å²) in [6.07, 6.45) is -0.949. The maximum atomic E-state index is 14.5. The highest BCUT2D eigenvalue weighted by atomic mass is 16.3. The van der Waals surface area contributed by atoms with Crippen LogP contribution in [0.1, 0.15) is 244 Å². The Morgan fingerprint density at radius 3 is 1.16 bits per heavy atom. The van der Waals surface area contributed by atoms with E-state index in [-0.39, 0.29) is 75.2 Å². The molecule has 698 valence electrons. The Labute approximate surface area is 721 Å². The van der Waals surface area contributed by atoms with Crippen molar-refractivity contribution in [2.75, 3.05) is 26.3 Å². The van der Waals surface area contributed by atoms with Crippen molar-refractivity contribution in [3.8, 4) is 0 Å². The van der Waals surface area contributed by atoms with Gasteiger partial charge in [0.05, 0.1) is 25.8 Å². The molecular weight excluding hydrogens is 1610 g/mol. The molecule has 42 nitrogen and oxygen atoms in total. The second kappa shape index (κ2) is 46.7. The second-order valence-electron chi connectivity index (χ2n) is 37.1. The highest BCUT2D eigenvalue weighted by Gasteiger charge is 2.48. The molecule has 0 aromatic carbocycles. The number of aliphatic hydroxyl groups excluding tert-OH is 2. The van der Waals surface area contributed by atoms with E-state index >= 15 is 0 Å². The average molecular weight is 1750 g/mol. The fraction of sp³-hybridized carbons (Fsp3) is 0.753. The monoisotopic (exact) mass is 1750 g/mol. The number of nitrogens with one attached hydrogen (secondary N) is 17. The number of rotatable bonds is 50. The quantitative estimate of drug-likeness (QED) is 0.0275. The molecule has 10 atom stereocenters. The first-order valence-electron chi connectivity index (χ1n) is 41.5. The lowest BCUT2D eigenvalue weighted by Gasteiger charge is -2.35. The summed E-state index contributed by atoms with van der Waals surface area (Å²) in [6.45, 7) is 36.0. The van der Waals surface area contributed by atoms with E-state index in [1.54, 1.807) is 55.4 Å². The third-order valence-electron chi connectivity index (χ3n) is 20.4. The molecule has 1 aliphatic heterocycles. The van der Waals surface area contributed by atoms with Crippen LogP contribution in [-0.2, 0) is 95.9 Å². The van der Waals surface area contributed by atoms with Gasteiger partial charge in [0.2, 0.25) is 118 Å². The molecule has 0 spiro atoms. The molecule has 0 aromatic rings. The Balaban J connectivity index is 3.27. The molecule has 1 aliphatic rings. The first-order valence-corrected chi connectivity index (χ1v) is 41.5. The fourth-order valence-electron chi connectivity index (χ4n) is 12.4. The number of primary amides is 2. The standard InChI is InChI=1S/C81H142N20O22/c1-27-81(26,100-71(121)79(22,23)94-58(108)45(10)85-60(110)53(40-103)92-67(117)75(14,15)93-46(11)104)72(122)90-48(31-33-56(83)106)61(111)95-76(16,17)68(118)91-51(37-43(6)7)64(114)96-74(12,13)66(116)84-38-57(107)86-49(35-41(2)3)62(112)98-80(24,25)73(123)101-34-28-29-54(101)65(115)87-50(36-42(4)5)63(113)97-78(20,21)70(120)99-77(18,19)69(119)89-47(30-32-55(82)105)59(109)88-52(39-102)44(8)9/h41-45,47-54,102-103H,27-40H2,1-26H3,(H2,82,105)(H2,83,106)(H,84,116)(H,85,110)(H,86,107)(H,87,115)(H,88,109)(H,89,119)(H,90,122)(H,91,118)(H,92,117)(H,93,104)(H,94,108)(H,95,111)(H,96,114)(H,97,113)(H,98,112)(H,99,120)(H,100,121). The van der Waals surface area contributed by atoms with Crippen molar-refractivity contribution in [3.05, 3.63) is 0 Å². The van der Waals surface area contributed by atoms with Crippen LogP contribution in [0, 0.1) is 23.7 Å². The first kappa shape index (κ1) is 110. The van der Waals surface area contributed by atoms with Gasteiger partial charge >= 0.3 is 0 Å². The van der Waals surface area contributed by atoms with Crippen LogP contribution in [0.3, 0.4) is 0 Å². The fourth-order valence-corrected chi connectivity index (χ4v) is 12.4. The molecule has 0 bridgehead atoms. The summed E-state index contributed by atoms with van der Waals surface area (Å²) in [6, 6.07) is -11.6. The lowest BCUT2D eigenvalue weighted by Crippen LogP contribution is -2.67. The summed E-state index contributed by atoms with van der Waals surface area (Å²) >= 11 is 0. The Hall–Kier alpha value is -10.7. The zero-order valence-electron chi connectivity index (χ0n) is 76.6. The van der Waals surface area contributed by atoms with Crippen LogP contribution < -0.4 is 102 Å². The van der Waals surface area contributed by atoms with Crippen molar-refractivity contribution in [3.63, 3.8) is 0 Å². The third kappa shape index (κ3) is 35.6. The molecule has 23 N–H and O–H groups in total. The predicted octanol–water partition coefficient (Wildman–Crippen LogP) is -4.13. The van der Waals surface area contributed by atoms with Gasteiger partial charge in [-0.15, -0.1) is 0 Å². The molecule has 0 radical (unpaired) electrons. The Bertz CT molecular complexity index is 3850. The molecule has 20 amide bonds. The summed E-state index contributed by atoms with van der Waals surface area (Å²) in [5, 5.41) is 63.0. The van der Waals surface area contributed by atoms with Gasteiger partial charge in [-0.05, 0) is 186 Å². The van der Waals surface area contributed by atoms with Crippen molar-refractivity contribution in [1.29, 1.82) is 0 Å². The summed E-state index contributed by atoms with van der Waals surface area (Å²) < 4.78 is 0. The van der Waals surface area contributed by atoms with Gasteiger partial charge in [0.1, 0.15) is 92.6 Å². The largest absolute Gasteiger partial charge is 0.394 e. The SMILES string of the molecule is CCC(C)(NC(=O)C(C)(C)NC(=O)C(C)NC(=O)C(CO)NC(=O)C(C)(C)NC(C)=O)C(=O)NC(CCC(N)=O)C(=O)NC(C)(C)C(=O)NC(CC(C)C)C(=O)NC(C)(C)C(=O)NCC(=O)NC(CC(C)C)C(=O)NC(C)(C)C(=O)N1CCCC1C(=O)NC(CC(C)C)C(=O)NC(C)(C)C(=O)NC(C)(C)C(=O)NC(CCC(N)=O)C(=O)NC(CO)C(C)C. The van der Waals surface area contributed by atoms with Gasteiger partial charge in [0, 0.05) is 26.3 Å². The van der Waals surface area contributed by atoms with Gasteiger partial charge in [0.25, 0.3) is 0 Å². The number of carbonyl (C=O) groups excluding carboxylic acids is 20. The maximum Gasteiger partial charge on any atom is 0.248 e. The lowest BCUT2D eigenvalue weighted by molar-refractivity contribution is -0.145. The zero-order chi connectivity index (χ0) is 95.6. The molecule has 0 aromatic heterocycles. The number of amides is 20.